The molecule has 0 aromatic heterocycles. The topological polar surface area (TPSA) is 17.1 Å². The molecule has 0 spiro atoms. The van der Waals surface area contributed by atoms with Crippen molar-refractivity contribution in [2.45, 2.75) is 0 Å². The van der Waals surface area contributed by atoms with Gasteiger partial charge in [-0.25, -0.2) is 0 Å². The van der Waals surface area contributed by atoms with Crippen molar-refractivity contribution in [3.63, 3.8) is 0 Å². The molecule has 0 aliphatic carbocycles. The van der Waals surface area contributed by atoms with Gasteiger partial charge < -0.3 is 18.3 Å². The van der Waals surface area contributed by atoms with Crippen molar-refractivity contribution in [1.82, 2.24) is 0 Å². The van der Waals surface area contributed by atoms with Crippen LogP contribution in [-0.4, -0.2) is 6.29 Å². The first-order valence-corrected chi connectivity index (χ1v) is 0.878. The predicted molar refractivity (Wildman–Crippen MR) is 21.3 cm³/mol. The maximum Gasteiger partial charge on any atom is 2.00 e. The van der Waals surface area contributed by atoms with E-state index in [0.717, 1.165) is 0 Å². The maximum atomic E-state index is 9.00. The van der Waals surface area contributed by atoms with Crippen LogP contribution in [0.2, 0.25) is 0 Å². The first-order chi connectivity index (χ1) is 1.91. The smallest absolute Gasteiger partial charge is 0.438 e. The molecule has 0 aliphatic heterocycles. The van der Waals surface area contributed by atoms with Crippen LogP contribution in [-0.2, 0) is 4.79 Å². The van der Waals surface area contributed by atoms with E-state index in [-0.39, 0.29) is 38.5 Å². The Morgan fingerprint density at radius 2 is 1.83 bits per heavy atom. The molecular weight excluding hydrogens is 302 g/mol. The van der Waals surface area contributed by atoms with Gasteiger partial charge in [-0.3, -0.25) is 6.58 Å². The fourth-order valence-electron chi connectivity index (χ4n) is 0. The summed E-state index contributed by atoms with van der Waals surface area (Å²) in [5.41, 5.74) is 0. The summed E-state index contributed by atoms with van der Waals surface area (Å²) in [7, 11) is 0. The van der Waals surface area contributed by atoms with Crippen LogP contribution in [0.3, 0.4) is 0 Å². The van der Waals surface area contributed by atoms with E-state index in [0.29, 0.717) is 6.29 Å². The Morgan fingerprint density at radius 3 is 1.83 bits per heavy atom. The Morgan fingerprint density at radius 1 is 1.67 bits per heavy atom. The molecule has 6 heavy (non-hydrogen) atoms. The van der Waals surface area contributed by atoms with Gasteiger partial charge in [-0.1, -0.05) is 0 Å². The molecule has 0 aliphatic rings. The minimum absolute atomic E-state index is 0. The summed E-state index contributed by atoms with van der Waals surface area (Å²) in [4.78, 5) is 9.00. The van der Waals surface area contributed by atoms with Crippen LogP contribution >= 0.6 is 0 Å². The maximum absolute atomic E-state index is 9.00. The Balaban J connectivity index is -0.0000000450. The summed E-state index contributed by atoms with van der Waals surface area (Å²) in [5.74, 6) is 0. The fourth-order valence-corrected chi connectivity index (χ4v) is 0. The zero-order chi connectivity index (χ0) is 3.41. The normalized spacial score (nSPS) is 3.33. The van der Waals surface area contributed by atoms with E-state index < -0.39 is 0 Å². The van der Waals surface area contributed by atoms with Gasteiger partial charge in [-0.05, 0) is 6.29 Å². The van der Waals surface area contributed by atoms with Gasteiger partial charge in [-0.2, -0.15) is 0 Å². The molecule has 0 heterocycles. The number of carbonyl (C=O) groups is 1. The molecule has 0 bridgehead atoms. The second-order valence-electron chi connectivity index (χ2n) is 0.322. The Kier molecular flexibility index (Phi) is 48.1. The number of carbonyl (C=O) groups excluding carboxylic acids is 1. The van der Waals surface area contributed by atoms with Crippen molar-refractivity contribution < 1.29 is 35.9 Å². The number of allylic oxidation sites excluding steroid dienone is 1. The van der Waals surface area contributed by atoms with Gasteiger partial charge in [0, 0.05) is 0 Å². The van der Waals surface area contributed by atoms with Crippen molar-refractivity contribution in [1.29, 1.82) is 0 Å². The van der Waals surface area contributed by atoms with Gasteiger partial charge in [0.25, 0.3) is 0 Å². The van der Waals surface area contributed by atoms with Gasteiger partial charge in [-0.15, -0.1) is 0 Å². The van der Waals surface area contributed by atoms with E-state index in [1.165, 1.54) is 0 Å². The molecule has 2 heteroatoms. The summed E-state index contributed by atoms with van der Waals surface area (Å²) < 4.78 is 0. The van der Waals surface area contributed by atoms with E-state index >= 15 is 0 Å². The third kappa shape index (κ3) is 25.0. The average molecular weight is 308 g/mol. The molecule has 0 radical (unpaired) electrons. The molecule has 0 rings (SSSR count). The Labute approximate surface area is 62.2 Å². The van der Waals surface area contributed by atoms with E-state index in [1.807, 2.05) is 6.08 Å². The molecule has 0 amide bonds. The van der Waals surface area contributed by atoms with Gasteiger partial charge in [0.05, 0.1) is 0 Å². The Hall–Kier alpha value is 0.462. The van der Waals surface area contributed by atoms with Crippen LogP contribution in [0.4, 0.5) is 0 Å². The average Bonchev–Trinajstić information content (AvgIpc) is 1.37. The van der Waals surface area contributed by atoms with Crippen LogP contribution in [0.5, 0.6) is 0 Å². The zero-order valence-corrected chi connectivity index (χ0v) is 7.86. The van der Waals surface area contributed by atoms with Crippen LogP contribution in [0.15, 0.2) is 6.58 Å². The van der Waals surface area contributed by atoms with Crippen molar-refractivity contribution in [3.8, 4) is 0 Å². The van der Waals surface area contributed by atoms with E-state index in [1.54, 1.807) is 0 Å². The van der Waals surface area contributed by atoms with Gasteiger partial charge in [0.15, 0.2) is 0 Å². The summed E-state index contributed by atoms with van der Waals surface area (Å²) in [5, 5.41) is 0. The molecule has 0 N–H and O–H groups in total. The second-order valence-corrected chi connectivity index (χ2v) is 0.322. The first-order valence-electron chi connectivity index (χ1n) is 0.878. The fraction of sp³-hybridized carbons (Fsp3) is 0. The van der Waals surface area contributed by atoms with Crippen LogP contribution < -0.4 is 0 Å². The quantitative estimate of drug-likeness (QED) is 0.394. The molecule has 0 aromatic rings. The van der Waals surface area contributed by atoms with E-state index in [2.05, 4.69) is 6.58 Å². The van der Waals surface area contributed by atoms with Crippen molar-refractivity contribution in [2.24, 2.45) is 0 Å². The molecule has 0 saturated heterocycles. The number of hydrogen-bond acceptors (Lipinski definition) is 1. The SMILES string of the molecule is C=[C-]C=O.[CH3-].[U+2]. The van der Waals surface area contributed by atoms with Gasteiger partial charge >= 0.3 is 31.1 Å². The molecule has 0 saturated carbocycles. The minimum Gasteiger partial charge on any atom is -0.438 e. The van der Waals surface area contributed by atoms with Crippen LogP contribution in [0, 0.1) is 44.6 Å². The monoisotopic (exact) mass is 308 g/mol. The van der Waals surface area contributed by atoms with Gasteiger partial charge in [0.2, 0.25) is 0 Å². The van der Waals surface area contributed by atoms with Crippen molar-refractivity contribution >= 4 is 6.29 Å². The Bertz CT molecular complexity index is 28.5. The zero-order valence-electron chi connectivity index (χ0n) is 3.69. The summed E-state index contributed by atoms with van der Waals surface area (Å²) in [6, 6.07) is 0. The van der Waals surface area contributed by atoms with Crippen LogP contribution in [0.1, 0.15) is 0 Å². The largest absolute Gasteiger partial charge is 2.00 e. The van der Waals surface area contributed by atoms with Crippen molar-refractivity contribution in [3.05, 3.63) is 20.1 Å². The van der Waals surface area contributed by atoms with Crippen molar-refractivity contribution in [2.75, 3.05) is 0 Å². The van der Waals surface area contributed by atoms with Gasteiger partial charge in [0.1, 0.15) is 0 Å². The number of rotatable bonds is 1. The summed E-state index contributed by atoms with van der Waals surface area (Å²) >= 11 is 0. The second kappa shape index (κ2) is 17.9. The number of aldehydes is 1. The standard InChI is InChI=1S/C3H3O.CH3.U/c1-2-3-4;;/h3H,1H2;1H3;/q2*-1;+2. The molecule has 32 valence electrons. The molecule has 0 aromatic carbocycles. The molecule has 0 atom stereocenters. The molecule has 1 nitrogen and oxygen atoms in total. The number of hydrogen-bond donors (Lipinski definition) is 0. The molecule has 0 unspecified atom stereocenters. The third-order valence-electron chi connectivity index (χ3n) is 0.0833. The molecular formula is C4H6OU. The molecule has 0 fully saturated rings. The van der Waals surface area contributed by atoms with E-state index in [9.17, 15) is 0 Å². The van der Waals surface area contributed by atoms with E-state index in [4.69, 9.17) is 4.79 Å². The predicted octanol–water partition coefficient (Wildman–Crippen LogP) is 0.625. The summed E-state index contributed by atoms with van der Waals surface area (Å²) in [6.45, 7) is 2.99. The first kappa shape index (κ1) is 16.1. The summed E-state index contributed by atoms with van der Waals surface area (Å²) in [6.07, 6.45) is 2.51. The minimum atomic E-state index is 0. The third-order valence-corrected chi connectivity index (χ3v) is 0.0833. The van der Waals surface area contributed by atoms with Crippen LogP contribution in [0.25, 0.3) is 0 Å².